The lowest BCUT2D eigenvalue weighted by atomic mass is 10.2. The molecule has 0 atom stereocenters. The summed E-state index contributed by atoms with van der Waals surface area (Å²) in [6.45, 7) is 0. The fourth-order valence-electron chi connectivity index (χ4n) is 2.01. The van der Waals surface area contributed by atoms with Gasteiger partial charge < -0.3 is 5.32 Å². The van der Waals surface area contributed by atoms with Crippen LogP contribution in [0.25, 0.3) is 11.3 Å². The minimum Gasteiger partial charge on any atom is -0.357 e. The van der Waals surface area contributed by atoms with Crippen LogP contribution in [-0.2, 0) is 0 Å². The lowest BCUT2D eigenvalue weighted by molar-refractivity contribution is 1.14. The number of hydrogen-bond donors (Lipinski definition) is 3. The molecule has 0 saturated carbocycles. The Morgan fingerprint density at radius 1 is 1.00 bits per heavy atom. The maximum Gasteiger partial charge on any atom is 0.225 e. The summed E-state index contributed by atoms with van der Waals surface area (Å²) in [5, 5.41) is 4.02. The van der Waals surface area contributed by atoms with Crippen LogP contribution in [0.2, 0.25) is 10.0 Å². The van der Waals surface area contributed by atoms with Crippen LogP contribution < -0.4 is 16.2 Å². The van der Waals surface area contributed by atoms with Crippen molar-refractivity contribution in [3.63, 3.8) is 0 Å². The number of rotatable bonds is 5. The van der Waals surface area contributed by atoms with Crippen LogP contribution in [0.5, 0.6) is 0 Å². The molecule has 3 N–H and O–H groups in total. The van der Waals surface area contributed by atoms with Gasteiger partial charge in [0.05, 0.1) is 16.4 Å². The van der Waals surface area contributed by atoms with Gasteiger partial charge in [0.1, 0.15) is 0 Å². The van der Waals surface area contributed by atoms with E-state index in [1.54, 1.807) is 37.6 Å². The van der Waals surface area contributed by atoms with Gasteiger partial charge in [0.15, 0.2) is 5.82 Å². The molecule has 2 heterocycles. The van der Waals surface area contributed by atoms with E-state index < -0.39 is 0 Å². The first-order chi connectivity index (χ1) is 11.7. The van der Waals surface area contributed by atoms with E-state index in [4.69, 9.17) is 23.2 Å². The third-order valence-electron chi connectivity index (χ3n) is 3.16. The molecule has 8 heteroatoms. The van der Waals surface area contributed by atoms with Crippen molar-refractivity contribution in [2.24, 2.45) is 0 Å². The van der Waals surface area contributed by atoms with E-state index in [1.165, 1.54) is 0 Å². The van der Waals surface area contributed by atoms with E-state index in [0.717, 1.165) is 11.3 Å². The molecule has 0 bridgehead atoms. The average Bonchev–Trinajstić information content (AvgIpc) is 2.61. The number of benzene rings is 1. The van der Waals surface area contributed by atoms with Crippen LogP contribution in [0.1, 0.15) is 0 Å². The largest absolute Gasteiger partial charge is 0.357 e. The molecular formula is C16H14Cl2N6. The van der Waals surface area contributed by atoms with Crippen molar-refractivity contribution >= 4 is 40.7 Å². The van der Waals surface area contributed by atoms with Crippen molar-refractivity contribution in [2.75, 3.05) is 23.2 Å². The number of nitrogens with one attached hydrogen (secondary N) is 3. The number of nitrogens with zero attached hydrogens (tertiary/aromatic N) is 3. The van der Waals surface area contributed by atoms with Crippen molar-refractivity contribution in [3.05, 3.63) is 58.8 Å². The highest BCUT2D eigenvalue weighted by Crippen LogP contribution is 2.26. The standard InChI is InChI=1S/C16H14Cl2N6/c1-19-16-21-14(10-3-2-6-20-9-10)8-15(22-16)24-23-13-5-4-11(17)7-12(13)18/h2-9,23H,1H3,(H2,19,21,22,24). The maximum absolute atomic E-state index is 6.14. The van der Waals surface area contributed by atoms with Gasteiger partial charge in [0.25, 0.3) is 0 Å². The molecule has 0 fully saturated rings. The topological polar surface area (TPSA) is 74.8 Å². The number of hydrazine groups is 1. The third kappa shape index (κ3) is 3.84. The molecule has 122 valence electrons. The summed E-state index contributed by atoms with van der Waals surface area (Å²) in [5.41, 5.74) is 8.35. The van der Waals surface area contributed by atoms with Gasteiger partial charge in [-0.25, -0.2) is 4.98 Å². The molecule has 0 aliphatic carbocycles. The fraction of sp³-hybridized carbons (Fsp3) is 0.0625. The first-order valence-corrected chi connectivity index (χ1v) is 7.85. The molecule has 3 aromatic rings. The predicted octanol–water partition coefficient (Wildman–Crippen LogP) is 4.33. The van der Waals surface area contributed by atoms with Gasteiger partial charge in [-0.15, -0.1) is 0 Å². The fourth-order valence-corrected chi connectivity index (χ4v) is 2.46. The summed E-state index contributed by atoms with van der Waals surface area (Å²) in [7, 11) is 1.76. The molecular weight excluding hydrogens is 347 g/mol. The van der Waals surface area contributed by atoms with Crippen LogP contribution in [-0.4, -0.2) is 22.0 Å². The van der Waals surface area contributed by atoms with Crippen LogP contribution in [0, 0.1) is 0 Å². The van der Waals surface area contributed by atoms with Gasteiger partial charge in [-0.2, -0.15) is 4.98 Å². The summed E-state index contributed by atoms with van der Waals surface area (Å²) >= 11 is 12.0. The smallest absolute Gasteiger partial charge is 0.225 e. The highest BCUT2D eigenvalue weighted by atomic mass is 35.5. The summed E-state index contributed by atoms with van der Waals surface area (Å²) < 4.78 is 0. The summed E-state index contributed by atoms with van der Waals surface area (Å²) in [6, 6.07) is 10.8. The van der Waals surface area contributed by atoms with Gasteiger partial charge >= 0.3 is 0 Å². The lowest BCUT2D eigenvalue weighted by Crippen LogP contribution is -2.12. The summed E-state index contributed by atoms with van der Waals surface area (Å²) in [4.78, 5) is 12.9. The molecule has 0 spiro atoms. The highest BCUT2D eigenvalue weighted by Gasteiger charge is 2.07. The molecule has 24 heavy (non-hydrogen) atoms. The van der Waals surface area contributed by atoms with Crippen LogP contribution >= 0.6 is 23.2 Å². The molecule has 0 radical (unpaired) electrons. The molecule has 6 nitrogen and oxygen atoms in total. The zero-order valence-electron chi connectivity index (χ0n) is 12.7. The monoisotopic (exact) mass is 360 g/mol. The van der Waals surface area contributed by atoms with Gasteiger partial charge in [-0.05, 0) is 30.3 Å². The van der Waals surface area contributed by atoms with E-state index in [-0.39, 0.29) is 0 Å². The van der Waals surface area contributed by atoms with Crippen molar-refractivity contribution in [1.29, 1.82) is 0 Å². The molecule has 3 rings (SSSR count). The Morgan fingerprint density at radius 3 is 2.58 bits per heavy atom. The summed E-state index contributed by atoms with van der Waals surface area (Å²) in [5.74, 6) is 1.07. The van der Waals surface area contributed by atoms with Crippen LogP contribution in [0.15, 0.2) is 48.8 Å². The van der Waals surface area contributed by atoms with Gasteiger partial charge in [-0.1, -0.05) is 23.2 Å². The molecule has 1 aromatic carbocycles. The molecule has 0 saturated heterocycles. The van der Waals surface area contributed by atoms with E-state index in [1.807, 2.05) is 18.2 Å². The van der Waals surface area contributed by atoms with E-state index in [9.17, 15) is 0 Å². The van der Waals surface area contributed by atoms with E-state index in [0.29, 0.717) is 27.5 Å². The Bertz CT molecular complexity index is 841. The second kappa shape index (κ2) is 7.33. The number of hydrogen-bond acceptors (Lipinski definition) is 6. The zero-order valence-corrected chi connectivity index (χ0v) is 14.2. The number of pyridine rings is 1. The highest BCUT2D eigenvalue weighted by molar-refractivity contribution is 6.36. The minimum absolute atomic E-state index is 0.489. The predicted molar refractivity (Wildman–Crippen MR) is 98.5 cm³/mol. The van der Waals surface area contributed by atoms with Crippen molar-refractivity contribution < 1.29 is 0 Å². The van der Waals surface area contributed by atoms with Gasteiger partial charge in [0, 0.05) is 36.1 Å². The van der Waals surface area contributed by atoms with E-state index in [2.05, 4.69) is 31.1 Å². The number of halogens is 2. The van der Waals surface area contributed by atoms with Crippen molar-refractivity contribution in [3.8, 4) is 11.3 Å². The normalized spacial score (nSPS) is 10.3. The molecule has 0 aliphatic rings. The Morgan fingerprint density at radius 2 is 1.88 bits per heavy atom. The van der Waals surface area contributed by atoms with Gasteiger partial charge in [-0.3, -0.25) is 15.8 Å². The zero-order chi connectivity index (χ0) is 16.9. The Balaban J connectivity index is 1.85. The van der Waals surface area contributed by atoms with Gasteiger partial charge in [0.2, 0.25) is 5.95 Å². The SMILES string of the molecule is CNc1nc(NNc2ccc(Cl)cc2Cl)cc(-c2cccnc2)n1. The second-order valence-electron chi connectivity index (χ2n) is 4.83. The summed E-state index contributed by atoms with van der Waals surface area (Å²) in [6.07, 6.45) is 3.46. The number of anilines is 3. The molecule has 2 aromatic heterocycles. The maximum atomic E-state index is 6.14. The van der Waals surface area contributed by atoms with Crippen LogP contribution in [0.3, 0.4) is 0 Å². The third-order valence-corrected chi connectivity index (χ3v) is 3.71. The Labute approximate surface area is 149 Å². The first-order valence-electron chi connectivity index (χ1n) is 7.10. The number of aromatic nitrogens is 3. The minimum atomic E-state index is 0.489. The first kappa shape index (κ1) is 16.3. The lowest BCUT2D eigenvalue weighted by Gasteiger charge is -2.12. The van der Waals surface area contributed by atoms with Crippen molar-refractivity contribution in [2.45, 2.75) is 0 Å². The molecule has 0 unspecified atom stereocenters. The molecule has 0 amide bonds. The van der Waals surface area contributed by atoms with Crippen LogP contribution in [0.4, 0.5) is 17.5 Å². The Hall–Kier alpha value is -2.57. The Kier molecular flexibility index (Phi) is 4.98. The van der Waals surface area contributed by atoms with Crippen molar-refractivity contribution in [1.82, 2.24) is 15.0 Å². The quantitative estimate of drug-likeness (QED) is 0.588. The average molecular weight is 361 g/mol. The van der Waals surface area contributed by atoms with E-state index >= 15 is 0 Å². The second-order valence-corrected chi connectivity index (χ2v) is 5.67. The molecule has 0 aliphatic heterocycles.